The van der Waals surface area contributed by atoms with Crippen molar-refractivity contribution in [2.75, 3.05) is 13.2 Å². The minimum atomic E-state index is -3.37. The number of hydrogen-bond donors (Lipinski definition) is 2. The summed E-state index contributed by atoms with van der Waals surface area (Å²) in [5.74, 6) is -8.20. The van der Waals surface area contributed by atoms with Gasteiger partial charge in [0.15, 0.2) is 0 Å². The molecule has 134 valence electrons. The lowest BCUT2D eigenvalue weighted by Crippen LogP contribution is -2.18. The van der Waals surface area contributed by atoms with Gasteiger partial charge in [0, 0.05) is 12.8 Å². The highest BCUT2D eigenvalue weighted by Gasteiger charge is 2.36. The van der Waals surface area contributed by atoms with Crippen LogP contribution in [-0.2, 0) is 25.5 Å². The molecule has 0 radical (unpaired) electrons. The van der Waals surface area contributed by atoms with Crippen LogP contribution in [0.2, 0.25) is 0 Å². The molecule has 2 heterocycles. The van der Waals surface area contributed by atoms with E-state index >= 15 is 0 Å². The van der Waals surface area contributed by atoms with Gasteiger partial charge >= 0.3 is 20.1 Å². The summed E-state index contributed by atoms with van der Waals surface area (Å²) >= 11 is 0. The Kier molecular flexibility index (Phi) is 6.02. The van der Waals surface area contributed by atoms with E-state index in [1.54, 1.807) is 0 Å². The van der Waals surface area contributed by atoms with E-state index < -0.39 is 57.8 Å². The monoisotopic (exact) mass is 372 g/mol. The predicted octanol–water partition coefficient (Wildman–Crippen LogP) is 2.01. The van der Waals surface area contributed by atoms with E-state index in [0.717, 1.165) is 12.7 Å². The molecule has 0 aliphatic rings. The number of hydrogen-bond acceptors (Lipinski definition) is 7. The number of aromatic amines is 2. The Hall–Kier alpha value is -1.85. The maximum Gasteiger partial charge on any atom is 0.319 e. The summed E-state index contributed by atoms with van der Waals surface area (Å²) in [6.45, 7) is -1.23. The number of alkyl halides is 4. The van der Waals surface area contributed by atoms with E-state index in [9.17, 15) is 22.1 Å². The van der Waals surface area contributed by atoms with Crippen molar-refractivity contribution in [3.05, 3.63) is 24.3 Å². The van der Waals surface area contributed by atoms with Gasteiger partial charge < -0.3 is 9.05 Å². The molecular formula is C10H13F4N6O3P. The van der Waals surface area contributed by atoms with Crippen LogP contribution in [0.15, 0.2) is 12.7 Å². The Morgan fingerprint density at radius 1 is 0.917 bits per heavy atom. The number of aromatic nitrogens is 6. The van der Waals surface area contributed by atoms with Gasteiger partial charge in [-0.1, -0.05) is 0 Å². The molecule has 0 saturated carbocycles. The lowest BCUT2D eigenvalue weighted by molar-refractivity contribution is -0.0371. The molecule has 2 aromatic heterocycles. The van der Waals surface area contributed by atoms with Crippen molar-refractivity contribution < 1.29 is 31.2 Å². The second-order valence-corrected chi connectivity index (χ2v) is 5.58. The molecule has 0 fully saturated rings. The standard InChI is InChI=1S/C10H13F4N6O3P/c11-9(12,7-15-5-17-19-7)1-3-22-24(21)23-4-2-10(13,14)8-16-6-18-20-8/h5-6,24H,1-4H2,(H,15,17,19)(H,16,18,20). The van der Waals surface area contributed by atoms with Crippen LogP contribution in [0.1, 0.15) is 24.5 Å². The Labute approximate surface area is 133 Å². The maximum absolute atomic E-state index is 13.5. The van der Waals surface area contributed by atoms with E-state index in [0.29, 0.717) is 0 Å². The van der Waals surface area contributed by atoms with Gasteiger partial charge in [0.05, 0.1) is 13.2 Å². The maximum atomic E-state index is 13.5. The van der Waals surface area contributed by atoms with Crippen LogP contribution in [-0.4, -0.2) is 43.6 Å². The van der Waals surface area contributed by atoms with Gasteiger partial charge in [0.2, 0.25) is 11.6 Å². The van der Waals surface area contributed by atoms with Crippen LogP contribution >= 0.6 is 8.25 Å². The molecule has 0 bridgehead atoms. The fourth-order valence-electron chi connectivity index (χ4n) is 1.56. The molecule has 24 heavy (non-hydrogen) atoms. The summed E-state index contributed by atoms with van der Waals surface area (Å²) in [6.07, 6.45) is 0.310. The molecule has 0 aromatic carbocycles. The lowest BCUT2D eigenvalue weighted by atomic mass is 10.2. The molecule has 0 unspecified atom stereocenters. The fraction of sp³-hybridized carbons (Fsp3) is 0.600. The van der Waals surface area contributed by atoms with Crippen LogP contribution in [0, 0.1) is 0 Å². The summed E-state index contributed by atoms with van der Waals surface area (Å²) in [5.41, 5.74) is 0. The topological polar surface area (TPSA) is 119 Å². The second-order valence-electron chi connectivity index (χ2n) is 4.50. The van der Waals surface area contributed by atoms with E-state index in [1.807, 2.05) is 0 Å². The summed E-state index contributed by atoms with van der Waals surface area (Å²) in [5, 5.41) is 10.8. The molecule has 2 aromatic rings. The van der Waals surface area contributed by atoms with E-state index in [4.69, 9.17) is 0 Å². The number of halogens is 4. The zero-order valence-corrected chi connectivity index (χ0v) is 13.0. The molecule has 0 atom stereocenters. The summed E-state index contributed by atoms with van der Waals surface area (Å²) < 4.78 is 74.6. The molecule has 0 saturated heterocycles. The van der Waals surface area contributed by atoms with Crippen molar-refractivity contribution in [1.82, 2.24) is 30.4 Å². The zero-order chi connectivity index (χ0) is 17.6. The first-order valence-electron chi connectivity index (χ1n) is 6.59. The van der Waals surface area contributed by atoms with Crippen molar-refractivity contribution >= 4 is 8.25 Å². The van der Waals surface area contributed by atoms with Crippen LogP contribution < -0.4 is 0 Å². The second kappa shape index (κ2) is 7.81. The Morgan fingerprint density at radius 3 is 1.67 bits per heavy atom. The predicted molar refractivity (Wildman–Crippen MR) is 70.7 cm³/mol. The summed E-state index contributed by atoms with van der Waals surface area (Å²) in [6, 6.07) is 0. The normalized spacial score (nSPS) is 12.9. The summed E-state index contributed by atoms with van der Waals surface area (Å²) in [4.78, 5) is 6.63. The molecule has 9 nitrogen and oxygen atoms in total. The number of H-pyrrole nitrogens is 2. The van der Waals surface area contributed by atoms with Crippen LogP contribution in [0.25, 0.3) is 0 Å². The highest BCUT2D eigenvalue weighted by Crippen LogP contribution is 2.33. The smallest absolute Gasteiger partial charge is 0.310 e. The largest absolute Gasteiger partial charge is 0.319 e. The molecular weight excluding hydrogens is 359 g/mol. The van der Waals surface area contributed by atoms with Crippen molar-refractivity contribution in [2.24, 2.45) is 0 Å². The first kappa shape index (κ1) is 18.5. The van der Waals surface area contributed by atoms with Gasteiger partial charge in [0.25, 0.3) is 0 Å². The van der Waals surface area contributed by atoms with Crippen molar-refractivity contribution in [2.45, 2.75) is 24.7 Å². The van der Waals surface area contributed by atoms with Gasteiger partial charge in [-0.25, -0.2) is 9.97 Å². The van der Waals surface area contributed by atoms with Gasteiger partial charge in [-0.2, -0.15) is 27.8 Å². The highest BCUT2D eigenvalue weighted by molar-refractivity contribution is 7.33. The number of nitrogens with one attached hydrogen (secondary N) is 2. The first-order valence-corrected chi connectivity index (χ1v) is 7.81. The lowest BCUT2D eigenvalue weighted by Gasteiger charge is -2.14. The van der Waals surface area contributed by atoms with Crippen molar-refractivity contribution in [3.8, 4) is 0 Å². The molecule has 2 N–H and O–H groups in total. The van der Waals surface area contributed by atoms with E-state index in [1.165, 1.54) is 0 Å². The zero-order valence-electron chi connectivity index (χ0n) is 12.0. The van der Waals surface area contributed by atoms with E-state index in [2.05, 4.69) is 39.4 Å². The van der Waals surface area contributed by atoms with Gasteiger partial charge in [-0.15, -0.1) is 0 Å². The molecule has 0 spiro atoms. The van der Waals surface area contributed by atoms with Crippen LogP contribution in [0.5, 0.6) is 0 Å². The third-order valence-corrected chi connectivity index (χ3v) is 3.64. The average molecular weight is 372 g/mol. The van der Waals surface area contributed by atoms with Crippen molar-refractivity contribution in [3.63, 3.8) is 0 Å². The average Bonchev–Trinajstić information content (AvgIpc) is 3.21. The van der Waals surface area contributed by atoms with E-state index in [-0.39, 0.29) is 0 Å². The Morgan fingerprint density at radius 2 is 1.33 bits per heavy atom. The third-order valence-electron chi connectivity index (χ3n) is 2.76. The summed E-state index contributed by atoms with van der Waals surface area (Å²) in [7, 11) is -3.18. The molecule has 2 rings (SSSR count). The van der Waals surface area contributed by atoms with Crippen molar-refractivity contribution in [1.29, 1.82) is 0 Å². The molecule has 0 aliphatic heterocycles. The minimum Gasteiger partial charge on any atom is -0.310 e. The minimum absolute atomic E-state index is 0.614. The van der Waals surface area contributed by atoms with Gasteiger partial charge in [0.1, 0.15) is 12.7 Å². The third kappa shape index (κ3) is 5.08. The van der Waals surface area contributed by atoms with Crippen LogP contribution in [0.4, 0.5) is 17.6 Å². The van der Waals surface area contributed by atoms with Gasteiger partial charge in [-0.3, -0.25) is 14.8 Å². The number of rotatable bonds is 10. The molecule has 14 heteroatoms. The first-order chi connectivity index (χ1) is 11.3. The van der Waals surface area contributed by atoms with Gasteiger partial charge in [-0.05, 0) is 0 Å². The Balaban J connectivity index is 1.67. The highest BCUT2D eigenvalue weighted by atomic mass is 31.1. The SMILES string of the molecule is O=[PH](OCCC(F)(F)c1nc[nH]n1)OCCC(F)(F)c1nc[nH]n1. The number of nitrogens with zero attached hydrogens (tertiary/aromatic N) is 4. The molecule has 0 aliphatic carbocycles. The fourth-order valence-corrected chi connectivity index (χ4v) is 2.18. The molecule has 0 amide bonds. The quantitative estimate of drug-likeness (QED) is 0.484. The Bertz CT molecular complexity index is 585. The van der Waals surface area contributed by atoms with Crippen LogP contribution in [0.3, 0.4) is 0 Å².